The molecule has 0 saturated carbocycles. The number of rotatable bonds is 5. The highest BCUT2D eigenvalue weighted by Gasteiger charge is 2.23. The van der Waals surface area contributed by atoms with Gasteiger partial charge in [0.05, 0.1) is 0 Å². The number of aryl methyl sites for hydroxylation is 1. The summed E-state index contributed by atoms with van der Waals surface area (Å²) in [4.78, 5) is 12.7. The van der Waals surface area contributed by atoms with Crippen molar-refractivity contribution < 1.29 is 9.21 Å². The van der Waals surface area contributed by atoms with Crippen LogP contribution >= 0.6 is 15.9 Å². The first-order chi connectivity index (χ1) is 14.6. The summed E-state index contributed by atoms with van der Waals surface area (Å²) in [5.74, 6) is 0.708. The van der Waals surface area contributed by atoms with Crippen LogP contribution in [0.3, 0.4) is 0 Å². The summed E-state index contributed by atoms with van der Waals surface area (Å²) in [6.07, 6.45) is 0. The zero-order valence-corrected chi connectivity index (χ0v) is 17.8. The third kappa shape index (κ3) is 4.58. The molecule has 2 N–H and O–H groups in total. The molecule has 0 radical (unpaired) electrons. The average molecular weight is 463 g/mol. The summed E-state index contributed by atoms with van der Waals surface area (Å²) in [6.45, 7) is 1.96. The van der Waals surface area contributed by atoms with Gasteiger partial charge in [-0.25, -0.2) is 4.79 Å². The molecule has 7 heteroatoms. The average Bonchev–Trinajstić information content (AvgIpc) is 3.26. The third-order valence-electron chi connectivity index (χ3n) is 4.53. The molecule has 1 atom stereocenters. The molecule has 6 nitrogen and oxygen atoms in total. The van der Waals surface area contributed by atoms with Gasteiger partial charge in [0.1, 0.15) is 6.04 Å². The van der Waals surface area contributed by atoms with Crippen LogP contribution in [0.15, 0.2) is 87.8 Å². The lowest BCUT2D eigenvalue weighted by molar-refractivity contribution is 0.248. The van der Waals surface area contributed by atoms with E-state index in [-0.39, 0.29) is 6.03 Å². The second-order valence-corrected chi connectivity index (χ2v) is 7.57. The Hall–Kier alpha value is -3.45. The summed E-state index contributed by atoms with van der Waals surface area (Å²) in [5.41, 5.74) is 3.37. The smallest absolute Gasteiger partial charge is 0.320 e. The maximum Gasteiger partial charge on any atom is 0.320 e. The van der Waals surface area contributed by atoms with Gasteiger partial charge in [-0.2, -0.15) is 0 Å². The summed E-state index contributed by atoms with van der Waals surface area (Å²) >= 11 is 3.46. The van der Waals surface area contributed by atoms with Gasteiger partial charge in [0.25, 0.3) is 0 Å². The Morgan fingerprint density at radius 3 is 2.37 bits per heavy atom. The fourth-order valence-corrected chi connectivity index (χ4v) is 3.25. The van der Waals surface area contributed by atoms with E-state index in [0.29, 0.717) is 17.5 Å². The van der Waals surface area contributed by atoms with Gasteiger partial charge >= 0.3 is 6.03 Å². The van der Waals surface area contributed by atoms with Crippen LogP contribution in [-0.4, -0.2) is 16.2 Å². The molecule has 0 aliphatic rings. The first kappa shape index (κ1) is 19.8. The van der Waals surface area contributed by atoms with Crippen molar-refractivity contribution in [2.75, 3.05) is 5.32 Å². The highest BCUT2D eigenvalue weighted by atomic mass is 79.9. The maximum atomic E-state index is 12.7. The molecule has 1 aromatic heterocycles. The zero-order valence-electron chi connectivity index (χ0n) is 16.2. The number of urea groups is 1. The van der Waals surface area contributed by atoms with Crippen molar-refractivity contribution in [3.8, 4) is 11.5 Å². The lowest BCUT2D eigenvalue weighted by atomic mass is 10.1. The van der Waals surface area contributed by atoms with Crippen molar-refractivity contribution >= 4 is 27.6 Å². The third-order valence-corrected chi connectivity index (χ3v) is 5.42. The second-order valence-electron chi connectivity index (χ2n) is 6.72. The lowest BCUT2D eigenvalue weighted by Gasteiger charge is -2.16. The predicted molar refractivity (Wildman–Crippen MR) is 119 cm³/mol. The van der Waals surface area contributed by atoms with Crippen LogP contribution in [0.5, 0.6) is 0 Å². The molecule has 0 aliphatic heterocycles. The van der Waals surface area contributed by atoms with Crippen LogP contribution < -0.4 is 10.6 Å². The minimum atomic E-state index is -0.590. The van der Waals surface area contributed by atoms with Gasteiger partial charge in [0, 0.05) is 15.7 Å². The number of carbonyl (C=O) groups is 1. The van der Waals surface area contributed by atoms with Crippen LogP contribution in [0.2, 0.25) is 0 Å². The summed E-state index contributed by atoms with van der Waals surface area (Å²) in [7, 11) is 0. The number of aromatic nitrogens is 2. The number of amides is 2. The molecule has 4 aromatic rings. The van der Waals surface area contributed by atoms with E-state index >= 15 is 0 Å². The molecule has 0 unspecified atom stereocenters. The number of hydrogen-bond acceptors (Lipinski definition) is 4. The number of hydrogen-bond donors (Lipinski definition) is 2. The number of halogens is 1. The number of anilines is 1. The van der Waals surface area contributed by atoms with E-state index in [2.05, 4.69) is 36.8 Å². The van der Waals surface area contributed by atoms with Gasteiger partial charge in [0.2, 0.25) is 11.8 Å². The minimum absolute atomic E-state index is 0.308. The van der Waals surface area contributed by atoms with E-state index < -0.39 is 6.04 Å². The molecule has 0 saturated heterocycles. The molecule has 2 amide bonds. The summed E-state index contributed by atoms with van der Waals surface area (Å²) in [6, 6.07) is 23.7. The van der Waals surface area contributed by atoms with Crippen molar-refractivity contribution in [1.82, 2.24) is 15.5 Å². The Bertz CT molecular complexity index is 1150. The Balaban J connectivity index is 1.59. The Morgan fingerprint density at radius 1 is 0.967 bits per heavy atom. The minimum Gasteiger partial charge on any atom is -0.418 e. The van der Waals surface area contributed by atoms with Crippen LogP contribution in [0, 0.1) is 6.92 Å². The summed E-state index contributed by atoms with van der Waals surface area (Å²) < 4.78 is 6.88. The number of benzene rings is 3. The monoisotopic (exact) mass is 462 g/mol. The highest BCUT2D eigenvalue weighted by Crippen LogP contribution is 2.25. The van der Waals surface area contributed by atoms with Crippen molar-refractivity contribution in [2.45, 2.75) is 13.0 Å². The number of nitrogens with zero attached hydrogens (tertiary/aromatic N) is 2. The molecular weight excluding hydrogens is 444 g/mol. The van der Waals surface area contributed by atoms with Gasteiger partial charge < -0.3 is 15.1 Å². The Morgan fingerprint density at radius 2 is 1.67 bits per heavy atom. The Kier molecular flexibility index (Phi) is 5.90. The molecule has 0 fully saturated rings. The first-order valence-electron chi connectivity index (χ1n) is 9.37. The highest BCUT2D eigenvalue weighted by molar-refractivity contribution is 9.10. The van der Waals surface area contributed by atoms with Crippen molar-refractivity contribution in [1.29, 1.82) is 0 Å². The van der Waals surface area contributed by atoms with E-state index in [1.165, 1.54) is 0 Å². The normalized spacial score (nSPS) is 11.7. The van der Waals surface area contributed by atoms with E-state index in [4.69, 9.17) is 4.42 Å². The lowest BCUT2D eigenvalue weighted by Crippen LogP contribution is -2.33. The SMILES string of the molecule is Cc1cc(NC(=O)N[C@H](c2ccccc2)c2nnc(-c3ccccc3)o2)ccc1Br. The largest absolute Gasteiger partial charge is 0.418 e. The van der Waals surface area contributed by atoms with E-state index in [1.54, 1.807) is 0 Å². The van der Waals surface area contributed by atoms with Crippen molar-refractivity contribution in [2.24, 2.45) is 0 Å². The van der Waals surface area contributed by atoms with Crippen LogP contribution in [0.4, 0.5) is 10.5 Å². The van der Waals surface area contributed by atoms with Gasteiger partial charge in [-0.05, 0) is 48.4 Å². The molecule has 4 rings (SSSR count). The van der Waals surface area contributed by atoms with Crippen molar-refractivity contribution in [3.05, 3.63) is 100 Å². The van der Waals surface area contributed by atoms with E-state index in [1.807, 2.05) is 85.8 Å². The quantitative estimate of drug-likeness (QED) is 0.397. The molecule has 1 heterocycles. The maximum absolute atomic E-state index is 12.7. The van der Waals surface area contributed by atoms with Gasteiger partial charge in [-0.1, -0.05) is 64.5 Å². The summed E-state index contributed by atoms with van der Waals surface area (Å²) in [5, 5.41) is 14.1. The van der Waals surface area contributed by atoms with Crippen LogP contribution in [-0.2, 0) is 0 Å². The van der Waals surface area contributed by atoms with Crippen LogP contribution in [0.1, 0.15) is 23.1 Å². The predicted octanol–water partition coefficient (Wildman–Crippen LogP) is 5.72. The molecule has 30 heavy (non-hydrogen) atoms. The molecule has 3 aromatic carbocycles. The number of nitrogens with one attached hydrogen (secondary N) is 2. The molecule has 150 valence electrons. The molecule has 0 aliphatic carbocycles. The van der Waals surface area contributed by atoms with E-state index in [0.717, 1.165) is 21.2 Å². The molecule has 0 spiro atoms. The second kappa shape index (κ2) is 8.92. The molecular formula is C23H19BrN4O2. The van der Waals surface area contributed by atoms with Gasteiger partial charge in [-0.15, -0.1) is 10.2 Å². The van der Waals surface area contributed by atoms with Crippen molar-refractivity contribution in [3.63, 3.8) is 0 Å². The fourth-order valence-electron chi connectivity index (χ4n) is 3.00. The van der Waals surface area contributed by atoms with Crippen LogP contribution in [0.25, 0.3) is 11.5 Å². The Labute approximate surface area is 182 Å². The van der Waals surface area contributed by atoms with E-state index in [9.17, 15) is 4.79 Å². The first-order valence-corrected chi connectivity index (χ1v) is 10.2. The van der Waals surface area contributed by atoms with Gasteiger partial charge in [0.15, 0.2) is 0 Å². The topological polar surface area (TPSA) is 80.0 Å². The molecule has 0 bridgehead atoms. The standard InChI is InChI=1S/C23H19BrN4O2/c1-15-14-18(12-13-19(15)24)25-23(29)26-20(16-8-4-2-5-9-16)22-28-27-21(30-22)17-10-6-3-7-11-17/h2-14,20H,1H3,(H2,25,26,29)/t20-/m1/s1. The number of carbonyl (C=O) groups excluding carboxylic acids is 1. The van der Waals surface area contributed by atoms with Gasteiger partial charge in [-0.3, -0.25) is 0 Å². The zero-order chi connectivity index (χ0) is 20.9. The fraction of sp³-hybridized carbons (Fsp3) is 0.0870.